The molecule has 0 radical (unpaired) electrons. The smallest absolute Gasteiger partial charge is 0.164 e. The van der Waals surface area contributed by atoms with Crippen LogP contribution in [-0.2, 0) is 0 Å². The molecule has 1 N–H and O–H groups in total. The molecular weight excluding hydrogens is 306 g/mol. The van der Waals surface area contributed by atoms with E-state index in [1.807, 2.05) is 31.3 Å². The summed E-state index contributed by atoms with van der Waals surface area (Å²) in [6, 6.07) is 7.50. The zero-order chi connectivity index (χ0) is 14.1. The number of aliphatic hydroxyl groups excluding tert-OH is 1. The lowest BCUT2D eigenvalue weighted by Crippen LogP contribution is -2.23. The van der Waals surface area contributed by atoms with Crippen LogP contribution >= 0.6 is 15.9 Å². The highest BCUT2D eigenvalue weighted by Gasteiger charge is 2.07. The number of carbonyl (C=O) groups excluding carboxylic acids is 1. The summed E-state index contributed by atoms with van der Waals surface area (Å²) in [6.45, 7) is 2.04. The number of carbonyl (C=O) groups is 1. The molecule has 0 aromatic heterocycles. The van der Waals surface area contributed by atoms with Crippen molar-refractivity contribution in [3.63, 3.8) is 0 Å². The molecule has 0 aliphatic heterocycles. The van der Waals surface area contributed by atoms with Crippen molar-refractivity contribution in [3.05, 3.63) is 34.3 Å². The average molecular weight is 328 g/mol. The fourth-order valence-corrected chi connectivity index (χ4v) is 2.12. The maximum Gasteiger partial charge on any atom is 0.164 e. The predicted molar refractivity (Wildman–Crippen MR) is 81.5 cm³/mol. The molecule has 0 aliphatic carbocycles. The Bertz CT molecular complexity index is 378. The summed E-state index contributed by atoms with van der Waals surface area (Å²) in [7, 11) is 2.04. The summed E-state index contributed by atoms with van der Waals surface area (Å²) in [5.41, 5.74) is 0.775. The SMILES string of the molecule is CN(CCCCCO)CCC(=O)c1ccc(Br)cc1. The van der Waals surface area contributed by atoms with E-state index in [1.54, 1.807) is 0 Å². The number of unbranched alkanes of at least 4 members (excludes halogenated alkanes) is 2. The molecule has 0 atom stereocenters. The van der Waals surface area contributed by atoms with Crippen molar-refractivity contribution in [2.75, 3.05) is 26.7 Å². The Balaban J connectivity index is 2.24. The van der Waals surface area contributed by atoms with E-state index in [2.05, 4.69) is 20.8 Å². The molecule has 0 unspecified atom stereocenters. The van der Waals surface area contributed by atoms with E-state index in [-0.39, 0.29) is 12.4 Å². The van der Waals surface area contributed by atoms with Gasteiger partial charge >= 0.3 is 0 Å². The summed E-state index contributed by atoms with van der Waals surface area (Å²) in [5, 5.41) is 8.69. The van der Waals surface area contributed by atoms with Gasteiger partial charge in [-0.15, -0.1) is 0 Å². The van der Waals surface area contributed by atoms with Crippen LogP contribution in [0.15, 0.2) is 28.7 Å². The third-order valence-electron chi connectivity index (χ3n) is 3.08. The Kier molecular flexibility index (Phi) is 7.94. The summed E-state index contributed by atoms with van der Waals surface area (Å²) in [5.74, 6) is 0.190. The number of Topliss-reactive ketones (excluding diaryl/α,β-unsaturated/α-hetero) is 1. The van der Waals surface area contributed by atoms with Crippen LogP contribution in [-0.4, -0.2) is 42.5 Å². The van der Waals surface area contributed by atoms with E-state index < -0.39 is 0 Å². The quantitative estimate of drug-likeness (QED) is 0.559. The topological polar surface area (TPSA) is 40.5 Å². The second-order valence-corrected chi connectivity index (χ2v) is 5.68. The number of aliphatic hydroxyl groups is 1. The van der Waals surface area contributed by atoms with Gasteiger partial charge in [0.2, 0.25) is 0 Å². The first kappa shape index (κ1) is 16.3. The minimum Gasteiger partial charge on any atom is -0.396 e. The lowest BCUT2D eigenvalue weighted by molar-refractivity contribution is 0.0968. The fraction of sp³-hybridized carbons (Fsp3) is 0.533. The van der Waals surface area contributed by atoms with Gasteiger partial charge < -0.3 is 10.0 Å². The average Bonchev–Trinajstić information content (AvgIpc) is 2.42. The summed E-state index contributed by atoms with van der Waals surface area (Å²) in [6.07, 6.45) is 3.54. The van der Waals surface area contributed by atoms with Gasteiger partial charge in [0.15, 0.2) is 5.78 Å². The molecule has 1 rings (SSSR count). The number of halogens is 1. The van der Waals surface area contributed by atoms with Crippen LogP contribution in [0.2, 0.25) is 0 Å². The maximum absolute atomic E-state index is 12.0. The molecule has 0 saturated heterocycles. The normalized spacial score (nSPS) is 10.9. The van der Waals surface area contributed by atoms with Crippen molar-refractivity contribution >= 4 is 21.7 Å². The van der Waals surface area contributed by atoms with Crippen molar-refractivity contribution in [1.29, 1.82) is 0 Å². The number of nitrogens with zero attached hydrogens (tertiary/aromatic N) is 1. The molecule has 0 bridgehead atoms. The minimum atomic E-state index is 0.190. The first-order chi connectivity index (χ1) is 9.13. The van der Waals surface area contributed by atoms with Gasteiger partial charge in [-0.3, -0.25) is 4.79 Å². The molecule has 0 amide bonds. The van der Waals surface area contributed by atoms with E-state index >= 15 is 0 Å². The number of hydrogen-bond acceptors (Lipinski definition) is 3. The second-order valence-electron chi connectivity index (χ2n) is 4.77. The van der Waals surface area contributed by atoms with E-state index in [4.69, 9.17) is 5.11 Å². The minimum absolute atomic E-state index is 0.190. The van der Waals surface area contributed by atoms with Gasteiger partial charge in [-0.05, 0) is 45.0 Å². The zero-order valence-electron chi connectivity index (χ0n) is 11.4. The van der Waals surface area contributed by atoms with Gasteiger partial charge in [-0.1, -0.05) is 28.1 Å². The summed E-state index contributed by atoms with van der Waals surface area (Å²) >= 11 is 3.36. The van der Waals surface area contributed by atoms with E-state index in [0.717, 1.165) is 42.4 Å². The van der Waals surface area contributed by atoms with Crippen molar-refractivity contribution in [1.82, 2.24) is 4.90 Å². The maximum atomic E-state index is 12.0. The third-order valence-corrected chi connectivity index (χ3v) is 3.61. The lowest BCUT2D eigenvalue weighted by Gasteiger charge is -2.15. The Hall–Kier alpha value is -0.710. The highest BCUT2D eigenvalue weighted by atomic mass is 79.9. The largest absolute Gasteiger partial charge is 0.396 e. The zero-order valence-corrected chi connectivity index (χ0v) is 13.0. The van der Waals surface area contributed by atoms with E-state index in [9.17, 15) is 4.79 Å². The van der Waals surface area contributed by atoms with Gasteiger partial charge in [-0.2, -0.15) is 0 Å². The lowest BCUT2D eigenvalue weighted by atomic mass is 10.1. The van der Waals surface area contributed by atoms with Crippen molar-refractivity contribution in [3.8, 4) is 0 Å². The van der Waals surface area contributed by atoms with Crippen molar-refractivity contribution in [2.24, 2.45) is 0 Å². The molecule has 4 heteroatoms. The Labute approximate surface area is 123 Å². The van der Waals surface area contributed by atoms with Crippen LogP contribution in [0.5, 0.6) is 0 Å². The van der Waals surface area contributed by atoms with E-state index in [1.165, 1.54) is 0 Å². The highest BCUT2D eigenvalue weighted by Crippen LogP contribution is 2.12. The predicted octanol–water partition coefficient (Wildman–Crippen LogP) is 3.12. The summed E-state index contributed by atoms with van der Waals surface area (Å²) < 4.78 is 0.991. The first-order valence-corrected chi connectivity index (χ1v) is 7.51. The Morgan fingerprint density at radius 1 is 1.16 bits per heavy atom. The Morgan fingerprint density at radius 3 is 2.47 bits per heavy atom. The summed E-state index contributed by atoms with van der Waals surface area (Å²) in [4.78, 5) is 14.1. The van der Waals surface area contributed by atoms with Gasteiger partial charge in [0, 0.05) is 29.6 Å². The third kappa shape index (κ3) is 6.85. The molecule has 106 valence electrons. The number of ketones is 1. The number of rotatable bonds is 9. The van der Waals surface area contributed by atoms with Gasteiger partial charge in [0.25, 0.3) is 0 Å². The van der Waals surface area contributed by atoms with E-state index in [0.29, 0.717) is 6.42 Å². The molecule has 19 heavy (non-hydrogen) atoms. The molecule has 0 aliphatic rings. The molecule has 1 aromatic rings. The monoisotopic (exact) mass is 327 g/mol. The van der Waals surface area contributed by atoms with Crippen LogP contribution in [0.4, 0.5) is 0 Å². The Morgan fingerprint density at radius 2 is 1.84 bits per heavy atom. The molecule has 0 spiro atoms. The van der Waals surface area contributed by atoms with Crippen LogP contribution in [0.25, 0.3) is 0 Å². The molecule has 0 fully saturated rings. The van der Waals surface area contributed by atoms with Gasteiger partial charge in [0.1, 0.15) is 0 Å². The van der Waals surface area contributed by atoms with Gasteiger partial charge in [-0.25, -0.2) is 0 Å². The molecule has 0 heterocycles. The molecule has 0 saturated carbocycles. The fourth-order valence-electron chi connectivity index (χ4n) is 1.85. The van der Waals surface area contributed by atoms with Crippen LogP contribution in [0, 0.1) is 0 Å². The molecule has 1 aromatic carbocycles. The molecular formula is C15H22BrNO2. The van der Waals surface area contributed by atoms with Crippen LogP contribution < -0.4 is 0 Å². The van der Waals surface area contributed by atoms with Gasteiger partial charge in [0.05, 0.1) is 0 Å². The molecule has 3 nitrogen and oxygen atoms in total. The van der Waals surface area contributed by atoms with Crippen LogP contribution in [0.3, 0.4) is 0 Å². The highest BCUT2D eigenvalue weighted by molar-refractivity contribution is 9.10. The van der Waals surface area contributed by atoms with Crippen molar-refractivity contribution < 1.29 is 9.90 Å². The number of benzene rings is 1. The second kappa shape index (κ2) is 9.23. The van der Waals surface area contributed by atoms with Crippen molar-refractivity contribution in [2.45, 2.75) is 25.7 Å². The van der Waals surface area contributed by atoms with Crippen LogP contribution in [0.1, 0.15) is 36.0 Å². The first-order valence-electron chi connectivity index (χ1n) is 6.71. The standard InChI is InChI=1S/C15H22BrNO2/c1-17(10-3-2-4-12-18)11-9-15(19)13-5-7-14(16)8-6-13/h5-8,18H,2-4,9-12H2,1H3. The number of hydrogen-bond donors (Lipinski definition) is 1.